The molecule has 0 aliphatic carbocycles. The van der Waals surface area contributed by atoms with E-state index in [9.17, 15) is 0 Å². The predicted molar refractivity (Wildman–Crippen MR) is 86.5 cm³/mol. The molecule has 0 fully saturated rings. The van der Waals surface area contributed by atoms with Gasteiger partial charge in [0.1, 0.15) is 0 Å². The van der Waals surface area contributed by atoms with Crippen LogP contribution in [0.25, 0.3) is 0 Å². The summed E-state index contributed by atoms with van der Waals surface area (Å²) in [5, 5.41) is 15.6. The van der Waals surface area contributed by atoms with E-state index >= 15 is 0 Å². The molecule has 0 saturated carbocycles. The molecule has 1 heterocycles. The van der Waals surface area contributed by atoms with Crippen molar-refractivity contribution in [1.82, 2.24) is 10.6 Å². The van der Waals surface area contributed by atoms with Crippen molar-refractivity contribution in [2.75, 3.05) is 33.0 Å². The first kappa shape index (κ1) is 16.4. The third kappa shape index (κ3) is 4.80. The number of rotatable bonds is 7. The van der Waals surface area contributed by atoms with Crippen molar-refractivity contribution in [1.29, 1.82) is 0 Å². The van der Waals surface area contributed by atoms with Crippen LogP contribution in [-0.2, 0) is 6.42 Å². The Kier molecular flexibility index (Phi) is 6.33. The minimum Gasteiger partial charge on any atom is -0.454 e. The number of hydrogen-bond donors (Lipinski definition) is 3. The lowest BCUT2D eigenvalue weighted by Gasteiger charge is -2.12. The molecule has 0 aromatic heterocycles. The molecular formula is C16H25N3O3. The summed E-state index contributed by atoms with van der Waals surface area (Å²) < 4.78 is 10.7. The molecule has 1 aromatic rings. The zero-order chi connectivity index (χ0) is 15.8. The molecule has 0 radical (unpaired) electrons. The molecule has 0 amide bonds. The van der Waals surface area contributed by atoms with Crippen LogP contribution in [0.15, 0.2) is 23.2 Å². The first-order valence-electron chi connectivity index (χ1n) is 7.74. The van der Waals surface area contributed by atoms with Crippen LogP contribution in [0.1, 0.15) is 19.4 Å². The summed E-state index contributed by atoms with van der Waals surface area (Å²) in [6.07, 6.45) is 0.872. The number of guanidine groups is 1. The second kappa shape index (κ2) is 8.48. The highest BCUT2D eigenvalue weighted by atomic mass is 16.7. The zero-order valence-electron chi connectivity index (χ0n) is 13.3. The van der Waals surface area contributed by atoms with Gasteiger partial charge in [0.15, 0.2) is 17.5 Å². The van der Waals surface area contributed by atoms with E-state index in [4.69, 9.17) is 14.6 Å². The SMILES string of the molecule is CCNC(=NCC(C)CO)NCCc1ccc2c(c1)OCO2. The van der Waals surface area contributed by atoms with Crippen LogP contribution in [0.3, 0.4) is 0 Å². The van der Waals surface area contributed by atoms with Crippen LogP contribution in [0.2, 0.25) is 0 Å². The number of nitrogens with one attached hydrogen (secondary N) is 2. The maximum Gasteiger partial charge on any atom is 0.231 e. The van der Waals surface area contributed by atoms with Crippen molar-refractivity contribution in [2.24, 2.45) is 10.9 Å². The van der Waals surface area contributed by atoms with Crippen molar-refractivity contribution in [2.45, 2.75) is 20.3 Å². The van der Waals surface area contributed by atoms with Crippen molar-refractivity contribution in [3.63, 3.8) is 0 Å². The lowest BCUT2D eigenvalue weighted by atomic mass is 10.1. The summed E-state index contributed by atoms with van der Waals surface area (Å²) in [5.74, 6) is 2.58. The summed E-state index contributed by atoms with van der Waals surface area (Å²) in [6, 6.07) is 6.01. The van der Waals surface area contributed by atoms with E-state index < -0.39 is 0 Å². The minimum atomic E-state index is 0.153. The number of aliphatic hydroxyl groups excluding tert-OH is 1. The molecule has 2 rings (SSSR count). The van der Waals surface area contributed by atoms with Crippen molar-refractivity contribution >= 4 is 5.96 Å². The molecule has 3 N–H and O–H groups in total. The Bertz CT molecular complexity index is 505. The molecule has 0 bridgehead atoms. The number of ether oxygens (including phenoxy) is 2. The Hall–Kier alpha value is -1.95. The molecule has 6 heteroatoms. The molecule has 1 aromatic carbocycles. The quantitative estimate of drug-likeness (QED) is 0.520. The highest BCUT2D eigenvalue weighted by Gasteiger charge is 2.12. The van der Waals surface area contributed by atoms with Gasteiger partial charge in [-0.15, -0.1) is 0 Å². The van der Waals surface area contributed by atoms with Gasteiger partial charge in [-0.25, -0.2) is 0 Å². The number of hydrogen-bond acceptors (Lipinski definition) is 4. The Labute approximate surface area is 131 Å². The van der Waals surface area contributed by atoms with E-state index in [-0.39, 0.29) is 12.5 Å². The normalized spacial score (nSPS) is 14.8. The van der Waals surface area contributed by atoms with Gasteiger partial charge in [0.05, 0.1) is 0 Å². The molecular weight excluding hydrogens is 282 g/mol. The monoisotopic (exact) mass is 307 g/mol. The van der Waals surface area contributed by atoms with E-state index in [1.54, 1.807) is 0 Å². The topological polar surface area (TPSA) is 75.1 Å². The molecule has 1 atom stereocenters. The predicted octanol–water partition coefficient (Wildman–Crippen LogP) is 1.14. The largest absolute Gasteiger partial charge is 0.454 e. The number of benzene rings is 1. The van der Waals surface area contributed by atoms with E-state index in [1.165, 1.54) is 5.56 Å². The van der Waals surface area contributed by atoms with Crippen LogP contribution >= 0.6 is 0 Å². The number of fused-ring (bicyclic) bond motifs is 1. The van der Waals surface area contributed by atoms with Gasteiger partial charge in [-0.3, -0.25) is 4.99 Å². The number of aliphatic imine (C=N–C) groups is 1. The van der Waals surface area contributed by atoms with Crippen molar-refractivity contribution < 1.29 is 14.6 Å². The maximum atomic E-state index is 9.05. The fourth-order valence-corrected chi connectivity index (χ4v) is 2.07. The Morgan fingerprint density at radius 2 is 2.14 bits per heavy atom. The van der Waals surface area contributed by atoms with Gasteiger partial charge in [-0.1, -0.05) is 13.0 Å². The van der Waals surface area contributed by atoms with Gasteiger partial charge in [0, 0.05) is 26.2 Å². The Morgan fingerprint density at radius 3 is 2.91 bits per heavy atom. The summed E-state index contributed by atoms with van der Waals surface area (Å²) in [4.78, 5) is 4.46. The standard InChI is InChI=1S/C16H25N3O3/c1-3-17-16(19-9-12(2)10-20)18-7-6-13-4-5-14-15(8-13)22-11-21-14/h4-5,8,12,20H,3,6-7,9-11H2,1-2H3,(H2,17,18,19). The van der Waals surface area contributed by atoms with Gasteiger partial charge in [-0.05, 0) is 37.0 Å². The van der Waals surface area contributed by atoms with Crippen LogP contribution in [0.5, 0.6) is 11.5 Å². The van der Waals surface area contributed by atoms with Crippen molar-refractivity contribution in [3.05, 3.63) is 23.8 Å². The number of aliphatic hydroxyl groups is 1. The van der Waals surface area contributed by atoms with Gasteiger partial charge in [-0.2, -0.15) is 0 Å². The van der Waals surface area contributed by atoms with Gasteiger partial charge >= 0.3 is 0 Å². The summed E-state index contributed by atoms with van der Waals surface area (Å²) >= 11 is 0. The highest BCUT2D eigenvalue weighted by Crippen LogP contribution is 2.32. The summed E-state index contributed by atoms with van der Waals surface area (Å²) in [6.45, 7) is 6.65. The second-order valence-electron chi connectivity index (χ2n) is 5.37. The molecule has 0 saturated heterocycles. The highest BCUT2D eigenvalue weighted by molar-refractivity contribution is 5.79. The first-order valence-corrected chi connectivity index (χ1v) is 7.74. The molecule has 22 heavy (non-hydrogen) atoms. The molecule has 1 aliphatic rings. The molecule has 0 spiro atoms. The van der Waals surface area contributed by atoms with Crippen LogP contribution < -0.4 is 20.1 Å². The van der Waals surface area contributed by atoms with E-state index in [1.807, 2.05) is 32.0 Å². The van der Waals surface area contributed by atoms with Crippen LogP contribution in [0.4, 0.5) is 0 Å². The van der Waals surface area contributed by atoms with E-state index in [2.05, 4.69) is 15.6 Å². The lowest BCUT2D eigenvalue weighted by Crippen LogP contribution is -2.38. The first-order chi connectivity index (χ1) is 10.7. The molecule has 6 nitrogen and oxygen atoms in total. The van der Waals surface area contributed by atoms with Crippen molar-refractivity contribution in [3.8, 4) is 11.5 Å². The van der Waals surface area contributed by atoms with Gasteiger partial charge < -0.3 is 25.2 Å². The van der Waals surface area contributed by atoms with E-state index in [0.29, 0.717) is 13.3 Å². The minimum absolute atomic E-state index is 0.153. The zero-order valence-corrected chi connectivity index (χ0v) is 13.3. The average molecular weight is 307 g/mol. The fraction of sp³-hybridized carbons (Fsp3) is 0.562. The summed E-state index contributed by atoms with van der Waals surface area (Å²) in [7, 11) is 0. The van der Waals surface area contributed by atoms with Gasteiger partial charge in [0.2, 0.25) is 6.79 Å². The Balaban J connectivity index is 1.82. The number of nitrogens with zero attached hydrogens (tertiary/aromatic N) is 1. The lowest BCUT2D eigenvalue weighted by molar-refractivity contribution is 0.174. The van der Waals surface area contributed by atoms with Crippen LogP contribution in [0, 0.1) is 5.92 Å². The maximum absolute atomic E-state index is 9.05. The molecule has 1 unspecified atom stereocenters. The third-order valence-electron chi connectivity index (χ3n) is 3.36. The van der Waals surface area contributed by atoms with Gasteiger partial charge in [0.25, 0.3) is 0 Å². The second-order valence-corrected chi connectivity index (χ2v) is 5.37. The summed E-state index contributed by atoms with van der Waals surface area (Å²) in [5.41, 5.74) is 1.19. The molecule has 1 aliphatic heterocycles. The average Bonchev–Trinajstić information content (AvgIpc) is 2.99. The molecule has 122 valence electrons. The fourth-order valence-electron chi connectivity index (χ4n) is 2.07. The van der Waals surface area contributed by atoms with E-state index in [0.717, 1.165) is 37.0 Å². The Morgan fingerprint density at radius 1 is 1.32 bits per heavy atom. The smallest absolute Gasteiger partial charge is 0.231 e. The third-order valence-corrected chi connectivity index (χ3v) is 3.36. The van der Waals surface area contributed by atoms with Crippen LogP contribution in [-0.4, -0.2) is 44.1 Å².